The van der Waals surface area contributed by atoms with E-state index in [2.05, 4.69) is 202 Å². The summed E-state index contributed by atoms with van der Waals surface area (Å²) in [6, 6.07) is 69.5. The average Bonchev–Trinajstić information content (AvgIpc) is 3.50. The van der Waals surface area contributed by atoms with Crippen molar-refractivity contribution in [3.05, 3.63) is 205 Å². The number of nitrogens with zero attached hydrogens (tertiary/aromatic N) is 2. The van der Waals surface area contributed by atoms with E-state index >= 15 is 0 Å². The SMILES string of the molecule is CC1(C)c2ccccc2-c2c(-c3ccc(-c4cc(-c5ccc(-c6ccccc6)cc5-c5ccccc5)nc(-c5ccccc5)n4)c4ccccc34)cccc21. The van der Waals surface area contributed by atoms with Crippen molar-refractivity contribution in [1.82, 2.24) is 9.97 Å². The number of benzene rings is 8. The largest absolute Gasteiger partial charge is 0.228 e. The molecule has 8 aromatic carbocycles. The van der Waals surface area contributed by atoms with Crippen LogP contribution in [0.1, 0.15) is 25.0 Å². The van der Waals surface area contributed by atoms with E-state index in [4.69, 9.17) is 9.97 Å². The maximum atomic E-state index is 5.32. The molecule has 1 aliphatic carbocycles. The van der Waals surface area contributed by atoms with Gasteiger partial charge in [0.05, 0.1) is 11.4 Å². The van der Waals surface area contributed by atoms with Gasteiger partial charge in [-0.05, 0) is 78.5 Å². The normalized spacial score (nSPS) is 12.7. The first-order valence-electron chi connectivity index (χ1n) is 19.0. The highest BCUT2D eigenvalue weighted by atomic mass is 14.9. The van der Waals surface area contributed by atoms with Gasteiger partial charge in [0.2, 0.25) is 0 Å². The summed E-state index contributed by atoms with van der Waals surface area (Å²) in [7, 11) is 0. The molecule has 0 fully saturated rings. The fraction of sp³-hybridized carbons (Fsp3) is 0.0566. The van der Waals surface area contributed by atoms with E-state index in [1.165, 1.54) is 49.9 Å². The first kappa shape index (κ1) is 32.7. The van der Waals surface area contributed by atoms with Crippen LogP contribution in [0.4, 0.5) is 0 Å². The second kappa shape index (κ2) is 13.2. The molecule has 9 aromatic rings. The van der Waals surface area contributed by atoms with Crippen molar-refractivity contribution in [3.8, 4) is 78.4 Å². The predicted octanol–water partition coefficient (Wildman–Crippen LogP) is 13.9. The van der Waals surface area contributed by atoms with Gasteiger partial charge < -0.3 is 0 Å². The Hall–Kier alpha value is -6.90. The second-order valence-corrected chi connectivity index (χ2v) is 14.9. The molecule has 0 saturated carbocycles. The highest BCUT2D eigenvalue weighted by molar-refractivity contribution is 6.08. The molecule has 0 N–H and O–H groups in total. The average molecular weight is 703 g/mol. The van der Waals surface area contributed by atoms with Crippen molar-refractivity contribution >= 4 is 10.8 Å². The lowest BCUT2D eigenvalue weighted by Gasteiger charge is -2.22. The minimum absolute atomic E-state index is 0.0687. The molecule has 55 heavy (non-hydrogen) atoms. The van der Waals surface area contributed by atoms with Crippen LogP contribution in [0.5, 0.6) is 0 Å². The van der Waals surface area contributed by atoms with E-state index in [0.29, 0.717) is 5.82 Å². The molecule has 10 rings (SSSR count). The summed E-state index contributed by atoms with van der Waals surface area (Å²) in [5, 5.41) is 2.36. The first-order chi connectivity index (χ1) is 27.0. The van der Waals surface area contributed by atoms with E-state index in [1.54, 1.807) is 0 Å². The third-order valence-electron chi connectivity index (χ3n) is 11.3. The van der Waals surface area contributed by atoms with E-state index in [-0.39, 0.29) is 5.41 Å². The Kier molecular flexibility index (Phi) is 7.85. The molecule has 0 amide bonds. The summed E-state index contributed by atoms with van der Waals surface area (Å²) in [6.45, 7) is 4.69. The molecule has 1 heterocycles. The van der Waals surface area contributed by atoms with Gasteiger partial charge in [-0.1, -0.05) is 196 Å². The van der Waals surface area contributed by atoms with Crippen molar-refractivity contribution in [2.24, 2.45) is 0 Å². The van der Waals surface area contributed by atoms with Crippen LogP contribution < -0.4 is 0 Å². The molecule has 0 saturated heterocycles. The fourth-order valence-electron chi connectivity index (χ4n) is 8.61. The van der Waals surface area contributed by atoms with Crippen molar-refractivity contribution in [2.45, 2.75) is 19.3 Å². The Morgan fingerprint density at radius 1 is 0.327 bits per heavy atom. The third-order valence-corrected chi connectivity index (χ3v) is 11.3. The summed E-state index contributed by atoms with van der Waals surface area (Å²) < 4.78 is 0. The number of aromatic nitrogens is 2. The van der Waals surface area contributed by atoms with Gasteiger partial charge in [0.1, 0.15) is 0 Å². The molecular formula is C53H38N2. The minimum Gasteiger partial charge on any atom is -0.228 e. The molecule has 1 aliphatic rings. The van der Waals surface area contributed by atoms with Crippen LogP contribution in [0, 0.1) is 0 Å². The van der Waals surface area contributed by atoms with Gasteiger partial charge in [-0.2, -0.15) is 0 Å². The zero-order chi connectivity index (χ0) is 36.9. The maximum absolute atomic E-state index is 5.32. The lowest BCUT2D eigenvalue weighted by atomic mass is 9.81. The molecule has 0 bridgehead atoms. The Balaban J connectivity index is 1.19. The number of rotatable bonds is 6. The Labute approximate surface area is 322 Å². The van der Waals surface area contributed by atoms with Crippen LogP contribution in [0.2, 0.25) is 0 Å². The molecule has 0 unspecified atom stereocenters. The summed E-state index contributed by atoms with van der Waals surface area (Å²) in [5.41, 5.74) is 17.4. The van der Waals surface area contributed by atoms with Gasteiger partial charge in [0, 0.05) is 22.1 Å². The zero-order valence-electron chi connectivity index (χ0n) is 30.9. The van der Waals surface area contributed by atoms with E-state index in [1.807, 2.05) is 6.07 Å². The second-order valence-electron chi connectivity index (χ2n) is 14.9. The van der Waals surface area contributed by atoms with Gasteiger partial charge in [0.15, 0.2) is 5.82 Å². The quantitative estimate of drug-likeness (QED) is 0.172. The van der Waals surface area contributed by atoms with Crippen LogP contribution >= 0.6 is 0 Å². The van der Waals surface area contributed by atoms with Gasteiger partial charge >= 0.3 is 0 Å². The monoisotopic (exact) mass is 702 g/mol. The summed E-state index contributed by atoms with van der Waals surface area (Å²) in [6.07, 6.45) is 0. The van der Waals surface area contributed by atoms with Crippen LogP contribution in [-0.2, 0) is 5.41 Å². The maximum Gasteiger partial charge on any atom is 0.160 e. The van der Waals surface area contributed by atoms with Crippen molar-refractivity contribution in [3.63, 3.8) is 0 Å². The Morgan fingerprint density at radius 3 is 1.58 bits per heavy atom. The Morgan fingerprint density at radius 2 is 0.855 bits per heavy atom. The van der Waals surface area contributed by atoms with Gasteiger partial charge in [-0.25, -0.2) is 9.97 Å². The van der Waals surface area contributed by atoms with Gasteiger partial charge in [0.25, 0.3) is 0 Å². The zero-order valence-corrected chi connectivity index (χ0v) is 30.9. The molecule has 0 atom stereocenters. The smallest absolute Gasteiger partial charge is 0.160 e. The fourth-order valence-corrected chi connectivity index (χ4v) is 8.61. The van der Waals surface area contributed by atoms with Crippen molar-refractivity contribution in [1.29, 1.82) is 0 Å². The van der Waals surface area contributed by atoms with E-state index in [0.717, 1.165) is 44.6 Å². The molecule has 260 valence electrons. The molecule has 1 aromatic heterocycles. The van der Waals surface area contributed by atoms with Gasteiger partial charge in [-0.3, -0.25) is 0 Å². The molecule has 0 aliphatic heterocycles. The lowest BCUT2D eigenvalue weighted by Crippen LogP contribution is -2.14. The van der Waals surface area contributed by atoms with Crippen LogP contribution in [0.3, 0.4) is 0 Å². The highest BCUT2D eigenvalue weighted by Crippen LogP contribution is 2.53. The minimum atomic E-state index is -0.0687. The first-order valence-corrected chi connectivity index (χ1v) is 19.0. The van der Waals surface area contributed by atoms with Crippen LogP contribution in [0.25, 0.3) is 89.2 Å². The molecule has 2 nitrogen and oxygen atoms in total. The number of hydrogen-bond donors (Lipinski definition) is 0. The van der Waals surface area contributed by atoms with E-state index in [9.17, 15) is 0 Å². The number of fused-ring (bicyclic) bond motifs is 4. The summed E-state index contributed by atoms with van der Waals surface area (Å²) >= 11 is 0. The van der Waals surface area contributed by atoms with Gasteiger partial charge in [-0.15, -0.1) is 0 Å². The predicted molar refractivity (Wildman–Crippen MR) is 230 cm³/mol. The van der Waals surface area contributed by atoms with Crippen LogP contribution in [0.15, 0.2) is 194 Å². The Bertz CT molecular complexity index is 2870. The lowest BCUT2D eigenvalue weighted by molar-refractivity contribution is 0.660. The summed E-state index contributed by atoms with van der Waals surface area (Å²) in [4.78, 5) is 10.6. The summed E-state index contributed by atoms with van der Waals surface area (Å²) in [5.74, 6) is 0.701. The standard InChI is InChI=1S/C53H38N2/c1-53(2)47-27-15-14-25-45(47)51-44(26-16-28-48(51)53)41-31-32-42(40-24-13-12-23-39(40)41)49-34-50(55-52(54-49)37-21-10-5-11-22-37)43-30-29-38(35-17-6-3-7-18-35)33-46(43)36-19-8-4-9-20-36/h3-34H,1-2H3. The number of hydrogen-bond acceptors (Lipinski definition) is 2. The molecule has 0 spiro atoms. The highest BCUT2D eigenvalue weighted by Gasteiger charge is 2.36. The van der Waals surface area contributed by atoms with Crippen molar-refractivity contribution in [2.75, 3.05) is 0 Å². The third kappa shape index (κ3) is 5.57. The molecule has 2 heteroatoms. The topological polar surface area (TPSA) is 25.8 Å². The van der Waals surface area contributed by atoms with Crippen LogP contribution in [-0.4, -0.2) is 9.97 Å². The van der Waals surface area contributed by atoms with E-state index < -0.39 is 0 Å². The van der Waals surface area contributed by atoms with Crippen molar-refractivity contribution < 1.29 is 0 Å². The molecule has 0 radical (unpaired) electrons. The molecular weight excluding hydrogens is 665 g/mol.